The van der Waals surface area contributed by atoms with Gasteiger partial charge < -0.3 is 40.3 Å². The van der Waals surface area contributed by atoms with E-state index < -0.39 is 102 Å². The minimum absolute atomic E-state index is 0.0236. The van der Waals surface area contributed by atoms with Gasteiger partial charge in [0.2, 0.25) is 23.6 Å². The highest BCUT2D eigenvalue weighted by Gasteiger charge is 2.37. The molecule has 58 heavy (non-hydrogen) atoms. The number of ether oxygens (including phenoxy) is 2. The van der Waals surface area contributed by atoms with Crippen molar-refractivity contribution in [2.75, 3.05) is 20.6 Å². The van der Waals surface area contributed by atoms with Crippen molar-refractivity contribution in [3.8, 4) is 0 Å². The third-order valence-electron chi connectivity index (χ3n) is 10.7. The molecule has 1 heterocycles. The molecule has 1 aromatic carbocycles. The van der Waals surface area contributed by atoms with Crippen LogP contribution in [0, 0.1) is 17.8 Å². The van der Waals surface area contributed by atoms with Crippen LogP contribution >= 0.6 is 0 Å². The van der Waals surface area contributed by atoms with Crippen molar-refractivity contribution in [1.82, 2.24) is 25.8 Å². The number of allylic oxidation sites excluding steroid dienone is 1. The van der Waals surface area contributed by atoms with Crippen LogP contribution in [0.25, 0.3) is 0 Å². The molecule has 1 aromatic rings. The number of benzene rings is 1. The van der Waals surface area contributed by atoms with E-state index in [-0.39, 0.29) is 24.3 Å². The third kappa shape index (κ3) is 13.8. The highest BCUT2D eigenvalue weighted by atomic mass is 16.6. The molecule has 2 rings (SSSR count). The molecule has 0 spiro atoms. The van der Waals surface area contributed by atoms with Crippen LogP contribution in [0.1, 0.15) is 87.6 Å². The van der Waals surface area contributed by atoms with Crippen LogP contribution in [0.2, 0.25) is 0 Å². The lowest BCUT2D eigenvalue weighted by Crippen LogP contribution is -2.58. The van der Waals surface area contributed by atoms with Crippen molar-refractivity contribution >= 4 is 41.5 Å². The summed E-state index contributed by atoms with van der Waals surface area (Å²) in [5.74, 6) is -6.29. The van der Waals surface area contributed by atoms with Crippen LogP contribution in [0.15, 0.2) is 53.6 Å². The molecule has 0 saturated heterocycles. The number of hydrogen-bond acceptors (Lipinski definition) is 10. The second-order valence-corrected chi connectivity index (χ2v) is 15.7. The monoisotopic (exact) mass is 811 g/mol. The Morgan fingerprint density at radius 2 is 1.50 bits per heavy atom. The van der Waals surface area contributed by atoms with Crippen molar-refractivity contribution in [2.45, 2.75) is 131 Å². The van der Waals surface area contributed by atoms with Crippen LogP contribution in [0.5, 0.6) is 0 Å². The van der Waals surface area contributed by atoms with Crippen molar-refractivity contribution in [1.29, 1.82) is 0 Å². The van der Waals surface area contributed by atoms with Gasteiger partial charge in [-0.3, -0.25) is 24.0 Å². The number of carbonyl (C=O) groups is 7. The summed E-state index contributed by atoms with van der Waals surface area (Å²) >= 11 is 0. The average molecular weight is 812 g/mol. The van der Waals surface area contributed by atoms with Gasteiger partial charge in [0.15, 0.2) is 6.10 Å². The van der Waals surface area contributed by atoms with Crippen LogP contribution in [-0.4, -0.2) is 120 Å². The summed E-state index contributed by atoms with van der Waals surface area (Å²) in [6.07, 6.45) is 0.499. The Morgan fingerprint density at radius 3 is 2.07 bits per heavy atom. The molecule has 1 aliphatic rings. The number of rotatable bonds is 6. The van der Waals surface area contributed by atoms with Gasteiger partial charge in [-0.15, -0.1) is 0 Å². The van der Waals surface area contributed by atoms with Crippen LogP contribution < -0.4 is 16.0 Å². The molecule has 0 saturated carbocycles. The van der Waals surface area contributed by atoms with Gasteiger partial charge in [-0.2, -0.15) is 0 Å². The number of esters is 2. The summed E-state index contributed by atoms with van der Waals surface area (Å²) in [5, 5.41) is 19.2. The van der Waals surface area contributed by atoms with Crippen LogP contribution in [0.4, 0.5) is 0 Å². The number of cyclic esters (lactones) is 2. The van der Waals surface area contributed by atoms with E-state index in [1.54, 1.807) is 71.9 Å². The number of aliphatic hydroxyl groups excluding tert-OH is 1. The number of hydrogen-bond donors (Lipinski definition) is 4. The molecule has 9 atom stereocenters. The van der Waals surface area contributed by atoms with Crippen molar-refractivity contribution in [3.05, 3.63) is 59.2 Å². The molecule has 15 nitrogen and oxygen atoms in total. The fourth-order valence-corrected chi connectivity index (χ4v) is 6.38. The summed E-state index contributed by atoms with van der Waals surface area (Å²) in [4.78, 5) is 97.7. The summed E-state index contributed by atoms with van der Waals surface area (Å²) < 4.78 is 11.5. The van der Waals surface area contributed by atoms with Gasteiger partial charge in [0.1, 0.15) is 30.3 Å². The number of likely N-dealkylation sites (N-methyl/N-ethyl adjacent to an activating group) is 2. The van der Waals surface area contributed by atoms with E-state index in [4.69, 9.17) is 9.47 Å². The molecular weight excluding hydrogens is 746 g/mol. The first-order valence-corrected chi connectivity index (χ1v) is 20.0. The number of nitrogens with one attached hydrogen (secondary N) is 3. The Kier molecular flexibility index (Phi) is 19.3. The number of carbonyl (C=O) groups excluding carboxylic acids is 7. The normalized spacial score (nSPS) is 29.1. The molecule has 4 N–H and O–H groups in total. The SMILES string of the molecule is C/C=C(\C)[C@H]1OC(=O)[C@H](C)NC(=O)[C@H]([C@@H](C)CC)NC(=O)CN(C)C(=O)C(Cc2ccccc2)N(C)C(=O)[C@@H](C)NC(=O)C(C(C)C)OC(=O)/C(C)=C/C[C@H](O)[C@@H]1C. The molecule has 2 unspecified atom stereocenters. The lowest BCUT2D eigenvalue weighted by Gasteiger charge is -2.33. The molecule has 5 amide bonds. The van der Waals surface area contributed by atoms with Crippen molar-refractivity contribution < 1.29 is 48.1 Å². The first-order chi connectivity index (χ1) is 27.1. The molecule has 0 aromatic heterocycles. The Balaban J connectivity index is 2.60. The fraction of sp³-hybridized carbons (Fsp3) is 0.605. The maximum absolute atomic E-state index is 14.1. The predicted octanol–water partition coefficient (Wildman–Crippen LogP) is 2.85. The lowest BCUT2D eigenvalue weighted by atomic mass is 9.90. The first-order valence-electron chi connectivity index (χ1n) is 20.0. The van der Waals surface area contributed by atoms with Crippen molar-refractivity contribution in [2.24, 2.45) is 17.8 Å². The zero-order valence-electron chi connectivity index (χ0n) is 36.2. The highest BCUT2D eigenvalue weighted by Crippen LogP contribution is 2.24. The van der Waals surface area contributed by atoms with Gasteiger partial charge in [-0.1, -0.05) is 83.5 Å². The molecule has 322 valence electrons. The quantitative estimate of drug-likeness (QED) is 0.245. The van der Waals surface area contributed by atoms with E-state index in [1.807, 2.05) is 13.0 Å². The van der Waals surface area contributed by atoms with E-state index in [0.717, 1.165) is 10.5 Å². The summed E-state index contributed by atoms with van der Waals surface area (Å²) in [5.41, 5.74) is 1.50. The molecule has 0 bridgehead atoms. The molecule has 0 radical (unpaired) electrons. The Morgan fingerprint density at radius 1 is 0.897 bits per heavy atom. The Labute approximate surface area is 343 Å². The van der Waals surface area contributed by atoms with E-state index in [1.165, 1.54) is 45.8 Å². The Hall–Kier alpha value is -5.05. The van der Waals surface area contributed by atoms with Crippen LogP contribution in [-0.2, 0) is 49.5 Å². The molecule has 1 aliphatic heterocycles. The average Bonchev–Trinajstić information content (AvgIpc) is 3.19. The van der Waals surface area contributed by atoms with E-state index in [2.05, 4.69) is 16.0 Å². The smallest absolute Gasteiger partial charge is 0.334 e. The van der Waals surface area contributed by atoms with Gasteiger partial charge in [0.25, 0.3) is 5.91 Å². The fourth-order valence-electron chi connectivity index (χ4n) is 6.38. The number of amides is 5. The zero-order chi connectivity index (χ0) is 44.0. The number of nitrogens with zero attached hydrogens (tertiary/aromatic N) is 2. The maximum Gasteiger partial charge on any atom is 0.334 e. The van der Waals surface area contributed by atoms with Gasteiger partial charge >= 0.3 is 11.9 Å². The van der Waals surface area contributed by atoms with Gasteiger partial charge in [0.05, 0.1) is 12.6 Å². The summed E-state index contributed by atoms with van der Waals surface area (Å²) in [6.45, 7) is 16.1. The second kappa shape index (κ2) is 22.8. The Bertz CT molecular complexity index is 1680. The molecular formula is C43H65N5O10. The van der Waals surface area contributed by atoms with Gasteiger partial charge in [0, 0.05) is 32.0 Å². The standard InChI is InChI=1S/C43H65N5O10/c1-13-25(5)35-38(51)45-30(10)43(56)58-37(26(6)14-2)28(8)33(49)21-20-27(7)42(55)57-36(24(3)4)39(52)44-29(9)40(53)48(12)32(22-31-18-16-15-17-19-31)41(54)47(11)23-34(50)46-35/h14-20,24-25,28-30,32-33,35-37,49H,13,21-23H2,1-12H3,(H,44,52)(H,45,51)(H,46,50)/b26-14+,27-20+/t25-,28-,29+,30-,32?,33-,35-,36?,37+/m0/s1. The van der Waals surface area contributed by atoms with Crippen LogP contribution in [0.3, 0.4) is 0 Å². The zero-order valence-corrected chi connectivity index (χ0v) is 36.2. The van der Waals surface area contributed by atoms with Gasteiger partial charge in [-0.05, 0) is 64.0 Å². The molecule has 15 heteroatoms. The minimum Gasteiger partial charge on any atom is -0.456 e. The second-order valence-electron chi connectivity index (χ2n) is 15.7. The highest BCUT2D eigenvalue weighted by molar-refractivity contribution is 5.96. The van der Waals surface area contributed by atoms with E-state index in [9.17, 15) is 38.7 Å². The lowest BCUT2D eigenvalue weighted by molar-refractivity contribution is -0.156. The largest absolute Gasteiger partial charge is 0.456 e. The summed E-state index contributed by atoms with van der Waals surface area (Å²) in [7, 11) is 2.84. The van der Waals surface area contributed by atoms with Gasteiger partial charge in [-0.25, -0.2) is 9.59 Å². The third-order valence-corrected chi connectivity index (χ3v) is 10.7. The molecule has 0 fully saturated rings. The van der Waals surface area contributed by atoms with E-state index >= 15 is 0 Å². The maximum atomic E-state index is 14.1. The van der Waals surface area contributed by atoms with E-state index in [0.29, 0.717) is 12.0 Å². The van der Waals surface area contributed by atoms with Crippen molar-refractivity contribution in [3.63, 3.8) is 0 Å². The first kappa shape index (κ1) is 49.1. The predicted molar refractivity (Wildman–Crippen MR) is 219 cm³/mol. The molecule has 0 aliphatic carbocycles. The summed E-state index contributed by atoms with van der Waals surface area (Å²) in [6, 6.07) is 4.52. The minimum atomic E-state index is -1.28. The topological polar surface area (TPSA) is 201 Å². The number of aliphatic hydroxyl groups is 1.